The number of aryl methyl sites for hydroxylation is 1. The lowest BCUT2D eigenvalue weighted by atomic mass is 10.1. The van der Waals surface area contributed by atoms with Crippen LogP contribution in [0.3, 0.4) is 0 Å². The second-order valence-electron chi connectivity index (χ2n) is 3.99. The monoisotopic (exact) mass is 231 g/mol. The highest BCUT2D eigenvalue weighted by Gasteiger charge is 2.06. The van der Waals surface area contributed by atoms with E-state index in [1.165, 1.54) is 5.39 Å². The molecule has 90 valence electrons. The number of carbonyl (C=O) groups is 1. The molecule has 3 N–H and O–H groups in total. The number of carbonyl (C=O) groups excluding carboxylic acids is 1. The van der Waals surface area contributed by atoms with Crippen molar-refractivity contribution in [3.05, 3.63) is 36.0 Å². The van der Waals surface area contributed by atoms with Crippen LogP contribution in [0.5, 0.6) is 0 Å². The molecule has 0 spiro atoms. The van der Waals surface area contributed by atoms with Crippen molar-refractivity contribution in [2.24, 2.45) is 5.73 Å². The Labute approximate surface area is 100 Å². The average Bonchev–Trinajstić information content (AvgIpc) is 2.79. The first-order chi connectivity index (χ1) is 8.26. The molecule has 0 saturated heterocycles. The van der Waals surface area contributed by atoms with Gasteiger partial charge in [-0.1, -0.05) is 18.2 Å². The molecule has 4 nitrogen and oxygen atoms in total. The second-order valence-corrected chi connectivity index (χ2v) is 3.99. The van der Waals surface area contributed by atoms with Gasteiger partial charge in [-0.25, -0.2) is 0 Å². The number of aromatic nitrogens is 1. The fraction of sp³-hybridized carbons (Fsp3) is 0.308. The predicted octanol–water partition coefficient (Wildman–Crippen LogP) is 1.24. The maximum Gasteiger partial charge on any atom is 0.221 e. The van der Waals surface area contributed by atoms with Gasteiger partial charge in [0, 0.05) is 32.8 Å². The van der Waals surface area contributed by atoms with Gasteiger partial charge in [-0.15, -0.1) is 0 Å². The number of hydrogen-bond acceptors (Lipinski definition) is 2. The van der Waals surface area contributed by atoms with Gasteiger partial charge in [-0.05, 0) is 17.0 Å². The Morgan fingerprint density at radius 3 is 2.94 bits per heavy atom. The van der Waals surface area contributed by atoms with E-state index in [2.05, 4.69) is 22.0 Å². The van der Waals surface area contributed by atoms with E-state index >= 15 is 0 Å². The minimum atomic E-state index is 0.0529. The van der Waals surface area contributed by atoms with Crippen molar-refractivity contribution in [1.82, 2.24) is 9.88 Å². The number of rotatable bonds is 4. The van der Waals surface area contributed by atoms with E-state index in [1.54, 1.807) is 7.05 Å². The standard InChI is InChI=1S/C13H17N3O/c1-15-12(17)6-8-16-7-5-10-3-2-4-11(9-14)13(10)16/h2-5,7H,6,8-9,14H2,1H3,(H,15,17). The second kappa shape index (κ2) is 5.01. The molecule has 17 heavy (non-hydrogen) atoms. The maximum absolute atomic E-state index is 11.2. The van der Waals surface area contributed by atoms with Crippen molar-refractivity contribution in [3.63, 3.8) is 0 Å². The van der Waals surface area contributed by atoms with Crippen molar-refractivity contribution in [1.29, 1.82) is 0 Å². The van der Waals surface area contributed by atoms with E-state index in [0.717, 1.165) is 11.1 Å². The van der Waals surface area contributed by atoms with E-state index in [0.29, 0.717) is 19.5 Å². The smallest absolute Gasteiger partial charge is 0.221 e. The van der Waals surface area contributed by atoms with Gasteiger partial charge >= 0.3 is 0 Å². The number of amides is 1. The Bertz CT molecular complexity index is 530. The Morgan fingerprint density at radius 1 is 1.41 bits per heavy atom. The van der Waals surface area contributed by atoms with E-state index < -0.39 is 0 Å². The van der Waals surface area contributed by atoms with Gasteiger partial charge < -0.3 is 15.6 Å². The molecule has 1 aromatic heterocycles. The van der Waals surface area contributed by atoms with Crippen molar-refractivity contribution in [2.75, 3.05) is 7.05 Å². The SMILES string of the molecule is CNC(=O)CCn1ccc2cccc(CN)c21. The van der Waals surface area contributed by atoms with Crippen LogP contribution in [0.4, 0.5) is 0 Å². The zero-order valence-corrected chi connectivity index (χ0v) is 9.94. The van der Waals surface area contributed by atoms with Crippen molar-refractivity contribution >= 4 is 16.8 Å². The van der Waals surface area contributed by atoms with Gasteiger partial charge in [0.1, 0.15) is 0 Å². The van der Waals surface area contributed by atoms with Crippen LogP contribution in [-0.2, 0) is 17.9 Å². The fourth-order valence-electron chi connectivity index (χ4n) is 2.04. The van der Waals surface area contributed by atoms with Crippen LogP contribution in [0.15, 0.2) is 30.5 Å². The number of nitrogens with two attached hydrogens (primary N) is 1. The molecule has 0 radical (unpaired) electrons. The van der Waals surface area contributed by atoms with Crippen LogP contribution >= 0.6 is 0 Å². The molecule has 1 aromatic carbocycles. The van der Waals surface area contributed by atoms with Crippen LogP contribution in [0.2, 0.25) is 0 Å². The highest BCUT2D eigenvalue weighted by molar-refractivity contribution is 5.83. The molecule has 0 saturated carbocycles. The highest BCUT2D eigenvalue weighted by atomic mass is 16.1. The lowest BCUT2D eigenvalue weighted by molar-refractivity contribution is -0.120. The third-order valence-corrected chi connectivity index (χ3v) is 2.95. The third kappa shape index (κ3) is 2.31. The molecule has 0 aliphatic heterocycles. The number of fused-ring (bicyclic) bond motifs is 1. The molecule has 4 heteroatoms. The van der Waals surface area contributed by atoms with Crippen LogP contribution in [-0.4, -0.2) is 17.5 Å². The van der Waals surface area contributed by atoms with Crippen LogP contribution in [0, 0.1) is 0 Å². The van der Waals surface area contributed by atoms with E-state index in [1.807, 2.05) is 18.3 Å². The zero-order chi connectivity index (χ0) is 12.3. The Kier molecular flexibility index (Phi) is 3.44. The van der Waals surface area contributed by atoms with E-state index in [4.69, 9.17) is 5.73 Å². The van der Waals surface area contributed by atoms with Crippen LogP contribution in [0.25, 0.3) is 10.9 Å². The van der Waals surface area contributed by atoms with Gasteiger partial charge in [-0.3, -0.25) is 4.79 Å². The summed E-state index contributed by atoms with van der Waals surface area (Å²) in [6.07, 6.45) is 2.49. The number of benzene rings is 1. The highest BCUT2D eigenvalue weighted by Crippen LogP contribution is 2.20. The molecule has 1 amide bonds. The van der Waals surface area contributed by atoms with Gasteiger partial charge in [0.05, 0.1) is 5.52 Å². The summed E-state index contributed by atoms with van der Waals surface area (Å²) in [5.74, 6) is 0.0529. The number of nitrogens with zero attached hydrogens (tertiary/aromatic N) is 1. The molecule has 0 bridgehead atoms. The largest absolute Gasteiger partial charge is 0.359 e. The van der Waals surface area contributed by atoms with Crippen molar-refractivity contribution < 1.29 is 4.79 Å². The molecular weight excluding hydrogens is 214 g/mol. The summed E-state index contributed by atoms with van der Waals surface area (Å²) in [5, 5.41) is 3.80. The van der Waals surface area contributed by atoms with Gasteiger partial charge in [0.25, 0.3) is 0 Å². The zero-order valence-electron chi connectivity index (χ0n) is 9.94. The molecular formula is C13H17N3O. The first kappa shape index (κ1) is 11.7. The molecule has 2 rings (SSSR count). The molecule has 0 aliphatic carbocycles. The Balaban J connectivity index is 2.31. The maximum atomic E-state index is 11.2. The lowest BCUT2D eigenvalue weighted by Gasteiger charge is -2.08. The summed E-state index contributed by atoms with van der Waals surface area (Å²) < 4.78 is 2.09. The summed E-state index contributed by atoms with van der Waals surface area (Å²) in [5.41, 5.74) is 7.99. The Morgan fingerprint density at radius 2 is 2.24 bits per heavy atom. The molecule has 0 unspecified atom stereocenters. The minimum Gasteiger partial charge on any atom is -0.359 e. The van der Waals surface area contributed by atoms with Gasteiger partial charge in [-0.2, -0.15) is 0 Å². The topological polar surface area (TPSA) is 60.0 Å². The fourth-order valence-corrected chi connectivity index (χ4v) is 2.04. The normalized spacial score (nSPS) is 10.7. The van der Waals surface area contributed by atoms with Crippen molar-refractivity contribution in [2.45, 2.75) is 19.5 Å². The van der Waals surface area contributed by atoms with E-state index in [-0.39, 0.29) is 5.91 Å². The first-order valence-corrected chi connectivity index (χ1v) is 5.73. The molecule has 0 fully saturated rings. The first-order valence-electron chi connectivity index (χ1n) is 5.73. The van der Waals surface area contributed by atoms with Gasteiger partial charge in [0.2, 0.25) is 5.91 Å². The van der Waals surface area contributed by atoms with Crippen LogP contribution in [0.1, 0.15) is 12.0 Å². The molecule has 0 atom stereocenters. The molecule has 1 heterocycles. The molecule has 0 aliphatic rings. The summed E-state index contributed by atoms with van der Waals surface area (Å²) in [6, 6.07) is 8.15. The van der Waals surface area contributed by atoms with Crippen LogP contribution < -0.4 is 11.1 Å². The predicted molar refractivity (Wildman–Crippen MR) is 68.5 cm³/mol. The summed E-state index contributed by atoms with van der Waals surface area (Å²) >= 11 is 0. The average molecular weight is 231 g/mol. The summed E-state index contributed by atoms with van der Waals surface area (Å²) in [7, 11) is 1.65. The summed E-state index contributed by atoms with van der Waals surface area (Å²) in [6.45, 7) is 1.20. The number of hydrogen-bond donors (Lipinski definition) is 2. The van der Waals surface area contributed by atoms with E-state index in [9.17, 15) is 4.79 Å². The van der Waals surface area contributed by atoms with Gasteiger partial charge in [0.15, 0.2) is 0 Å². The lowest BCUT2D eigenvalue weighted by Crippen LogP contribution is -2.19. The third-order valence-electron chi connectivity index (χ3n) is 2.95. The summed E-state index contributed by atoms with van der Waals surface area (Å²) in [4.78, 5) is 11.2. The van der Waals surface area contributed by atoms with Crippen molar-refractivity contribution in [3.8, 4) is 0 Å². The number of nitrogens with one attached hydrogen (secondary N) is 1. The minimum absolute atomic E-state index is 0.0529. The quantitative estimate of drug-likeness (QED) is 0.831. The number of para-hydroxylation sites is 1. The Hall–Kier alpha value is -1.81. The molecule has 2 aromatic rings.